The predicted octanol–water partition coefficient (Wildman–Crippen LogP) is 1.68. The summed E-state index contributed by atoms with van der Waals surface area (Å²) in [6.07, 6.45) is 0. The number of benzene rings is 2. The SMILES string of the molecule is COc1cc(C)cc(N)c1Cl.COc1cc(C)cc(NC(C)=O)c1Cl.[K+].[OH-]. The third-order valence-corrected chi connectivity index (χ3v) is 3.94. The maximum Gasteiger partial charge on any atom is 1.00 e. The Balaban J connectivity index is 0. The summed E-state index contributed by atoms with van der Waals surface area (Å²) in [6, 6.07) is 7.27. The van der Waals surface area contributed by atoms with E-state index in [1.54, 1.807) is 13.2 Å². The minimum atomic E-state index is -0.153. The Labute approximate surface area is 212 Å². The summed E-state index contributed by atoms with van der Waals surface area (Å²) in [5.74, 6) is 1.04. The van der Waals surface area contributed by atoms with E-state index in [0.29, 0.717) is 32.9 Å². The second-order valence-corrected chi connectivity index (χ2v) is 6.14. The number of rotatable bonds is 3. The second-order valence-electron chi connectivity index (χ2n) is 5.38. The van der Waals surface area contributed by atoms with Crippen LogP contribution in [-0.4, -0.2) is 25.6 Å². The maximum atomic E-state index is 10.9. The first-order chi connectivity index (χ1) is 11.7. The molecule has 27 heavy (non-hydrogen) atoms. The third-order valence-electron chi connectivity index (χ3n) is 3.15. The fourth-order valence-electron chi connectivity index (χ4n) is 2.08. The largest absolute Gasteiger partial charge is 1.00 e. The van der Waals surface area contributed by atoms with E-state index >= 15 is 0 Å². The van der Waals surface area contributed by atoms with Gasteiger partial charge in [-0.15, -0.1) is 0 Å². The summed E-state index contributed by atoms with van der Waals surface area (Å²) in [5.41, 5.74) is 8.75. The van der Waals surface area contributed by atoms with Gasteiger partial charge in [-0.05, 0) is 49.2 Å². The molecule has 0 fully saturated rings. The number of anilines is 2. The number of halogens is 2. The minimum absolute atomic E-state index is 0. The molecule has 0 aliphatic heterocycles. The van der Waals surface area contributed by atoms with Crippen molar-refractivity contribution in [1.82, 2.24) is 0 Å². The van der Waals surface area contributed by atoms with Crippen molar-refractivity contribution in [2.24, 2.45) is 0 Å². The van der Waals surface area contributed by atoms with E-state index in [1.807, 2.05) is 32.0 Å². The van der Waals surface area contributed by atoms with Crippen LogP contribution in [0, 0.1) is 13.8 Å². The van der Waals surface area contributed by atoms with Crippen molar-refractivity contribution < 1.29 is 71.1 Å². The van der Waals surface area contributed by atoms with Gasteiger partial charge in [0, 0.05) is 6.92 Å². The van der Waals surface area contributed by atoms with E-state index < -0.39 is 0 Å². The summed E-state index contributed by atoms with van der Waals surface area (Å²) in [6.45, 7) is 5.28. The third kappa shape index (κ3) is 9.02. The Morgan fingerprint density at radius 2 is 1.41 bits per heavy atom. The Bertz CT molecular complexity index is 774. The molecule has 0 aliphatic carbocycles. The zero-order chi connectivity index (χ0) is 19.1. The van der Waals surface area contributed by atoms with Crippen LogP contribution in [0.1, 0.15) is 18.1 Å². The van der Waals surface area contributed by atoms with Crippen LogP contribution < -0.4 is 71.9 Å². The van der Waals surface area contributed by atoms with Crippen LogP contribution in [0.15, 0.2) is 24.3 Å². The van der Waals surface area contributed by atoms with Crippen molar-refractivity contribution in [2.45, 2.75) is 20.8 Å². The number of carbonyl (C=O) groups excluding carboxylic acids is 1. The quantitative estimate of drug-likeness (QED) is 0.557. The molecule has 1 amide bonds. The summed E-state index contributed by atoms with van der Waals surface area (Å²) in [5, 5.41) is 3.55. The van der Waals surface area contributed by atoms with E-state index in [4.69, 9.17) is 38.4 Å². The Morgan fingerprint density at radius 1 is 0.963 bits per heavy atom. The van der Waals surface area contributed by atoms with Gasteiger partial charge in [0.15, 0.2) is 0 Å². The van der Waals surface area contributed by atoms with Crippen molar-refractivity contribution >= 4 is 40.5 Å². The van der Waals surface area contributed by atoms with E-state index in [1.165, 1.54) is 14.0 Å². The van der Waals surface area contributed by atoms with Crippen LogP contribution >= 0.6 is 23.2 Å². The number of hydrogen-bond donors (Lipinski definition) is 2. The van der Waals surface area contributed by atoms with Gasteiger partial charge in [-0.25, -0.2) is 0 Å². The summed E-state index contributed by atoms with van der Waals surface area (Å²) >= 11 is 11.8. The number of nitrogen functional groups attached to an aromatic ring is 1. The zero-order valence-corrected chi connectivity index (χ0v) is 20.9. The van der Waals surface area contributed by atoms with Gasteiger partial charge in [-0.1, -0.05) is 23.2 Å². The van der Waals surface area contributed by atoms with Crippen molar-refractivity contribution in [3.8, 4) is 11.5 Å². The molecule has 2 aromatic carbocycles. The standard InChI is InChI=1S/C10H12ClNO2.C8H10ClNO.K.H2O/c1-6-4-8(12-7(2)13)10(11)9(5-6)14-3;1-5-3-6(10)8(9)7(4-5)11-2;;/h4-5H,1-3H3,(H,12,13);3-4H,10H2,1-2H3;;1H2/q;;+1;/p-1. The van der Waals surface area contributed by atoms with Crippen LogP contribution in [0.2, 0.25) is 10.0 Å². The molecule has 2 rings (SSSR count). The number of nitrogens with one attached hydrogen (secondary N) is 1. The van der Waals surface area contributed by atoms with E-state index in [9.17, 15) is 4.79 Å². The second kappa shape index (κ2) is 13.6. The number of aryl methyl sites for hydroxylation is 2. The molecule has 0 saturated carbocycles. The van der Waals surface area contributed by atoms with Gasteiger partial charge in [-0.2, -0.15) is 0 Å². The van der Waals surface area contributed by atoms with Gasteiger partial charge >= 0.3 is 51.4 Å². The van der Waals surface area contributed by atoms with Crippen LogP contribution in [0.4, 0.5) is 11.4 Å². The number of nitrogens with two attached hydrogens (primary N) is 1. The number of ether oxygens (including phenoxy) is 2. The molecule has 144 valence electrons. The molecule has 0 spiro atoms. The monoisotopic (exact) mass is 440 g/mol. The molecule has 4 N–H and O–H groups in total. The molecule has 6 nitrogen and oxygen atoms in total. The molecule has 0 atom stereocenters. The molecule has 9 heteroatoms. The summed E-state index contributed by atoms with van der Waals surface area (Å²) in [4.78, 5) is 10.9. The number of hydrogen-bond acceptors (Lipinski definition) is 5. The van der Waals surface area contributed by atoms with Gasteiger partial charge in [0.05, 0.1) is 25.6 Å². The molecule has 0 bridgehead atoms. The summed E-state index contributed by atoms with van der Waals surface area (Å²) in [7, 11) is 3.11. The van der Waals surface area contributed by atoms with Gasteiger partial charge in [0.25, 0.3) is 0 Å². The van der Waals surface area contributed by atoms with Gasteiger partial charge in [-0.3, -0.25) is 4.79 Å². The topological polar surface area (TPSA) is 104 Å². The first kappa shape index (κ1) is 28.7. The summed E-state index contributed by atoms with van der Waals surface area (Å²) < 4.78 is 10.1. The molecule has 0 aromatic heterocycles. The first-order valence-corrected chi connectivity index (χ1v) is 8.16. The average molecular weight is 441 g/mol. The van der Waals surface area contributed by atoms with Crippen LogP contribution in [-0.2, 0) is 4.79 Å². The number of amides is 1. The number of methoxy groups -OCH3 is 2. The fraction of sp³-hybridized carbons (Fsp3) is 0.278. The molecule has 0 radical (unpaired) electrons. The zero-order valence-electron chi connectivity index (χ0n) is 16.3. The van der Waals surface area contributed by atoms with Gasteiger partial charge in [0.1, 0.15) is 21.5 Å². The Morgan fingerprint density at radius 3 is 1.85 bits per heavy atom. The van der Waals surface area contributed by atoms with E-state index in [-0.39, 0.29) is 62.8 Å². The smallest absolute Gasteiger partial charge is 0.870 e. The molecular formula is C18H23Cl2KN2O4. The van der Waals surface area contributed by atoms with Crippen LogP contribution in [0.3, 0.4) is 0 Å². The van der Waals surface area contributed by atoms with Crippen LogP contribution in [0.25, 0.3) is 0 Å². The molecule has 0 heterocycles. The fourth-order valence-corrected chi connectivity index (χ4v) is 2.50. The van der Waals surface area contributed by atoms with Crippen molar-refractivity contribution in [3.05, 3.63) is 45.4 Å². The van der Waals surface area contributed by atoms with Crippen molar-refractivity contribution in [1.29, 1.82) is 0 Å². The van der Waals surface area contributed by atoms with Gasteiger partial charge < -0.3 is 26.0 Å². The average Bonchev–Trinajstić information content (AvgIpc) is 2.54. The normalized spacial score (nSPS) is 9.00. The van der Waals surface area contributed by atoms with Crippen LogP contribution in [0.5, 0.6) is 11.5 Å². The molecule has 0 aliphatic rings. The molecule has 0 saturated heterocycles. The van der Waals surface area contributed by atoms with E-state index in [2.05, 4.69) is 5.32 Å². The van der Waals surface area contributed by atoms with E-state index in [0.717, 1.165) is 11.1 Å². The maximum absolute atomic E-state index is 10.9. The first-order valence-electron chi connectivity index (χ1n) is 7.40. The molecule has 0 unspecified atom stereocenters. The van der Waals surface area contributed by atoms with Crippen molar-refractivity contribution in [2.75, 3.05) is 25.3 Å². The molecule has 2 aromatic rings. The molecular weight excluding hydrogens is 418 g/mol. The van der Waals surface area contributed by atoms with Gasteiger partial charge in [0.2, 0.25) is 5.91 Å². The Kier molecular flexibility index (Phi) is 14.5. The minimum Gasteiger partial charge on any atom is -0.870 e. The number of carbonyl (C=O) groups is 1. The Hall–Kier alpha value is -0.514. The van der Waals surface area contributed by atoms with Crippen molar-refractivity contribution in [3.63, 3.8) is 0 Å². The predicted molar refractivity (Wildman–Crippen MR) is 106 cm³/mol.